The van der Waals surface area contributed by atoms with E-state index in [0.717, 1.165) is 64.8 Å². The van der Waals surface area contributed by atoms with Gasteiger partial charge in [0, 0.05) is 44.2 Å². The van der Waals surface area contributed by atoms with Gasteiger partial charge in [-0.05, 0) is 128 Å². The molecular formula is C41H66N2O6. The second kappa shape index (κ2) is 11.8. The van der Waals surface area contributed by atoms with E-state index in [1.54, 1.807) is 4.90 Å². The molecular weight excluding hydrogens is 616 g/mol. The van der Waals surface area contributed by atoms with Gasteiger partial charge in [-0.3, -0.25) is 4.79 Å². The maximum absolute atomic E-state index is 13.3. The molecule has 8 aliphatic rings. The fourth-order valence-electron chi connectivity index (χ4n) is 14.7. The average Bonchev–Trinajstić information content (AvgIpc) is 3.65. The quantitative estimate of drug-likeness (QED) is 0.314. The molecule has 8 heteroatoms. The molecule has 3 aliphatic heterocycles. The van der Waals surface area contributed by atoms with Crippen LogP contribution < -0.4 is 5.32 Å². The molecule has 2 spiro atoms. The van der Waals surface area contributed by atoms with E-state index >= 15 is 0 Å². The Balaban J connectivity index is 1.01. The van der Waals surface area contributed by atoms with Crippen LogP contribution in [-0.4, -0.2) is 78.8 Å². The number of amides is 2. The highest BCUT2D eigenvalue weighted by atomic mass is 16.6. The van der Waals surface area contributed by atoms with Gasteiger partial charge in [0.15, 0.2) is 0 Å². The third-order valence-electron chi connectivity index (χ3n) is 17.5. The fourth-order valence-corrected chi connectivity index (χ4v) is 14.7. The van der Waals surface area contributed by atoms with Gasteiger partial charge >= 0.3 is 6.09 Å². The van der Waals surface area contributed by atoms with E-state index in [1.165, 1.54) is 32.1 Å². The van der Waals surface area contributed by atoms with Gasteiger partial charge in [0.1, 0.15) is 6.10 Å². The molecule has 0 aromatic heterocycles. The standard InChI is InChI=1S/C41H66N2O6/c1-24(2)33(49-36(46)43-17-8-18-43)28-21-25(3)32-34(48-28)35(45)39(7)30-10-9-29-37(4,5)26(22-31(44)42-27-12-19-47-20-13-27)11-14-40(29)23-41(30,40)16-15-38(32,39)6/h24-30,32-35,45H,8-23H2,1-7H3,(H,42,44)/t25-,26-,28?,29+,30?,32+,33-,34?,35+,38-,39-,40-,41?/m1/s1. The number of nitrogens with zero attached hydrogens (tertiary/aromatic N) is 1. The molecule has 3 saturated heterocycles. The van der Waals surface area contributed by atoms with Gasteiger partial charge in [-0.15, -0.1) is 0 Å². The maximum Gasteiger partial charge on any atom is 0.410 e. The Morgan fingerprint density at radius 2 is 1.65 bits per heavy atom. The molecule has 8 nitrogen and oxygen atoms in total. The minimum atomic E-state index is -0.527. The molecule has 0 aromatic rings. The van der Waals surface area contributed by atoms with Crippen molar-refractivity contribution in [2.45, 2.75) is 156 Å². The SMILES string of the molecule is CC(C)[C@@H](OC(=O)N1CCC1)C1C[C@@H](C)[C@H]2C(O1)[C@H](O)[C@@]1(C)C3CC[C@H]4C(C)(C)[C@@H](CC(=O)NC5CCOCC5)CC[C@@]45CC35CC[C@]21C. The second-order valence-electron chi connectivity index (χ2n) is 19.8. The lowest BCUT2D eigenvalue weighted by atomic mass is 9.41. The van der Waals surface area contributed by atoms with Gasteiger partial charge in [0.25, 0.3) is 0 Å². The summed E-state index contributed by atoms with van der Waals surface area (Å²) in [4.78, 5) is 28.1. The molecule has 0 bridgehead atoms. The normalized spacial score (nSPS) is 49.0. The number of carbonyl (C=O) groups is 2. The van der Waals surface area contributed by atoms with Crippen LogP contribution >= 0.6 is 0 Å². The molecule has 276 valence electrons. The Morgan fingerprint density at radius 1 is 0.959 bits per heavy atom. The van der Waals surface area contributed by atoms with Crippen LogP contribution in [0.3, 0.4) is 0 Å². The Kier molecular flexibility index (Phi) is 8.37. The summed E-state index contributed by atoms with van der Waals surface area (Å²) in [5, 5.41) is 16.0. The van der Waals surface area contributed by atoms with Gasteiger partial charge in [-0.25, -0.2) is 4.79 Å². The van der Waals surface area contributed by atoms with Crippen molar-refractivity contribution in [2.75, 3.05) is 26.3 Å². The summed E-state index contributed by atoms with van der Waals surface area (Å²) < 4.78 is 18.7. The first-order chi connectivity index (χ1) is 23.2. The maximum atomic E-state index is 13.3. The summed E-state index contributed by atoms with van der Waals surface area (Å²) in [6.45, 7) is 19.6. The predicted octanol–water partition coefficient (Wildman–Crippen LogP) is 6.97. The molecule has 3 heterocycles. The highest BCUT2D eigenvalue weighted by molar-refractivity contribution is 5.76. The van der Waals surface area contributed by atoms with Crippen LogP contribution in [0.25, 0.3) is 0 Å². The van der Waals surface area contributed by atoms with Crippen LogP contribution in [0.15, 0.2) is 0 Å². The molecule has 8 rings (SSSR count). The van der Waals surface area contributed by atoms with Crippen molar-refractivity contribution in [1.82, 2.24) is 10.2 Å². The van der Waals surface area contributed by atoms with Crippen LogP contribution in [0.5, 0.6) is 0 Å². The van der Waals surface area contributed by atoms with Gasteiger partial charge in [-0.1, -0.05) is 48.5 Å². The number of likely N-dealkylation sites (tertiary alicyclic amines) is 1. The number of carbonyl (C=O) groups excluding carboxylic acids is 2. The van der Waals surface area contributed by atoms with E-state index in [-0.39, 0.29) is 58.5 Å². The van der Waals surface area contributed by atoms with Gasteiger partial charge in [-0.2, -0.15) is 0 Å². The zero-order valence-corrected chi connectivity index (χ0v) is 31.6. The molecule has 2 N–H and O–H groups in total. The summed E-state index contributed by atoms with van der Waals surface area (Å²) in [5.41, 5.74) is 0.539. The predicted molar refractivity (Wildman–Crippen MR) is 187 cm³/mol. The fraction of sp³-hybridized carbons (Fsp3) is 0.951. The second-order valence-corrected chi connectivity index (χ2v) is 19.8. The van der Waals surface area contributed by atoms with E-state index in [2.05, 4.69) is 53.8 Å². The Labute approximate surface area is 295 Å². The van der Waals surface area contributed by atoms with Gasteiger partial charge in [0.05, 0.1) is 18.3 Å². The van der Waals surface area contributed by atoms with E-state index in [0.29, 0.717) is 46.8 Å². The van der Waals surface area contributed by atoms with Crippen molar-refractivity contribution < 1.29 is 28.9 Å². The highest BCUT2D eigenvalue weighted by Gasteiger charge is 2.84. The van der Waals surface area contributed by atoms with Crippen molar-refractivity contribution in [3.63, 3.8) is 0 Å². The monoisotopic (exact) mass is 682 g/mol. The Morgan fingerprint density at radius 3 is 2.33 bits per heavy atom. The Hall–Kier alpha value is -1.38. The van der Waals surface area contributed by atoms with E-state index in [1.807, 2.05) is 0 Å². The molecule has 2 amide bonds. The van der Waals surface area contributed by atoms with Crippen LogP contribution in [-0.2, 0) is 19.0 Å². The zero-order valence-electron chi connectivity index (χ0n) is 31.6. The van der Waals surface area contributed by atoms with Crippen LogP contribution in [0.1, 0.15) is 126 Å². The lowest BCUT2D eigenvalue weighted by Gasteiger charge is -2.64. The smallest absolute Gasteiger partial charge is 0.410 e. The molecule has 5 saturated carbocycles. The highest BCUT2D eigenvalue weighted by Crippen LogP contribution is 2.89. The molecule has 0 aromatic carbocycles. The van der Waals surface area contributed by atoms with E-state index < -0.39 is 6.10 Å². The molecule has 4 unspecified atom stereocenters. The summed E-state index contributed by atoms with van der Waals surface area (Å²) in [5.74, 6) is 2.59. The van der Waals surface area contributed by atoms with Crippen molar-refractivity contribution in [3.05, 3.63) is 0 Å². The summed E-state index contributed by atoms with van der Waals surface area (Å²) in [6.07, 6.45) is 11.4. The number of aliphatic hydroxyl groups is 1. The van der Waals surface area contributed by atoms with Crippen molar-refractivity contribution in [3.8, 4) is 0 Å². The number of hydrogen-bond acceptors (Lipinski definition) is 6. The number of rotatable bonds is 6. The van der Waals surface area contributed by atoms with E-state index in [4.69, 9.17) is 14.2 Å². The summed E-state index contributed by atoms with van der Waals surface area (Å²) >= 11 is 0. The number of fused-ring (bicyclic) bond motifs is 4. The van der Waals surface area contributed by atoms with Crippen LogP contribution in [0, 0.1) is 62.6 Å². The van der Waals surface area contributed by atoms with E-state index in [9.17, 15) is 14.7 Å². The minimum absolute atomic E-state index is 0.00457. The topological polar surface area (TPSA) is 97.3 Å². The van der Waals surface area contributed by atoms with Gasteiger partial charge < -0.3 is 29.5 Å². The lowest BCUT2D eigenvalue weighted by Crippen LogP contribution is -2.59. The molecule has 49 heavy (non-hydrogen) atoms. The number of hydrogen-bond donors (Lipinski definition) is 2. The van der Waals surface area contributed by atoms with Crippen LogP contribution in [0.4, 0.5) is 4.79 Å². The first-order valence-electron chi connectivity index (χ1n) is 20.4. The molecule has 5 aliphatic carbocycles. The molecule has 8 fully saturated rings. The van der Waals surface area contributed by atoms with Crippen molar-refractivity contribution >= 4 is 12.0 Å². The lowest BCUT2D eigenvalue weighted by molar-refractivity contribution is -0.183. The average molecular weight is 683 g/mol. The first-order valence-corrected chi connectivity index (χ1v) is 20.4. The first kappa shape index (κ1) is 34.7. The molecule has 0 radical (unpaired) electrons. The summed E-state index contributed by atoms with van der Waals surface area (Å²) in [6, 6.07) is 0.263. The van der Waals surface area contributed by atoms with Crippen molar-refractivity contribution in [1.29, 1.82) is 0 Å². The largest absolute Gasteiger partial charge is 0.443 e. The number of ether oxygens (including phenoxy) is 3. The zero-order chi connectivity index (χ0) is 34.7. The third-order valence-corrected chi connectivity index (χ3v) is 17.5. The summed E-state index contributed by atoms with van der Waals surface area (Å²) in [7, 11) is 0. The number of nitrogens with one attached hydrogen (secondary N) is 1. The van der Waals surface area contributed by atoms with Crippen LogP contribution in [0.2, 0.25) is 0 Å². The molecule has 13 atom stereocenters. The minimum Gasteiger partial charge on any atom is -0.443 e. The third kappa shape index (κ3) is 4.83. The van der Waals surface area contributed by atoms with Gasteiger partial charge in [0.2, 0.25) is 5.91 Å². The number of aliphatic hydroxyl groups excluding tert-OH is 1. The Bertz CT molecular complexity index is 1310. The van der Waals surface area contributed by atoms with Crippen molar-refractivity contribution in [2.24, 2.45) is 62.6 Å².